The van der Waals surface area contributed by atoms with E-state index in [1.54, 1.807) is 20.8 Å². The molecule has 0 saturated carbocycles. The molecule has 35 heavy (non-hydrogen) atoms. The van der Waals surface area contributed by atoms with Crippen LogP contribution in [-0.2, 0) is 16.1 Å². The summed E-state index contributed by atoms with van der Waals surface area (Å²) in [6.07, 6.45) is -3.45. The molecule has 0 aliphatic rings. The van der Waals surface area contributed by atoms with Crippen molar-refractivity contribution >= 4 is 5.97 Å². The van der Waals surface area contributed by atoms with Crippen molar-refractivity contribution in [1.82, 2.24) is 14.3 Å². The molecule has 0 spiro atoms. The molecule has 3 rings (SSSR count). The Morgan fingerprint density at radius 1 is 1.03 bits per heavy atom. The van der Waals surface area contributed by atoms with E-state index in [0.717, 1.165) is 33.5 Å². The molecular weight excluding hydrogens is 467 g/mol. The zero-order chi connectivity index (χ0) is 26.0. The number of alkyl halides is 3. The summed E-state index contributed by atoms with van der Waals surface area (Å²) < 4.78 is 54.4. The number of benzene rings is 2. The van der Waals surface area contributed by atoms with Gasteiger partial charge in [0.25, 0.3) is 0 Å². The third-order valence-corrected chi connectivity index (χ3v) is 5.05. The number of halogens is 3. The van der Waals surface area contributed by atoms with Crippen molar-refractivity contribution in [2.24, 2.45) is 0 Å². The highest BCUT2D eigenvalue weighted by atomic mass is 19.4. The average molecular weight is 493 g/mol. The Morgan fingerprint density at radius 3 is 2.17 bits per heavy atom. The van der Waals surface area contributed by atoms with Gasteiger partial charge in [-0.15, -0.1) is 13.2 Å². The first kappa shape index (κ1) is 25.9. The van der Waals surface area contributed by atoms with Gasteiger partial charge in [0.1, 0.15) is 17.8 Å². The molecule has 8 nitrogen and oxygen atoms in total. The van der Waals surface area contributed by atoms with Crippen LogP contribution in [0.3, 0.4) is 0 Å². The van der Waals surface area contributed by atoms with E-state index >= 15 is 0 Å². The molecule has 0 aliphatic heterocycles. The standard InChI is InChI=1S/C24H26F3N3O5/c1-6-33-21(31)23(4,5)35-20-15(2)11-17(12-16(20)3)13-29-14-28-30(22(29)32)18-7-9-19(10-8-18)34-24(25,26)27/h7-12,14H,6,13H2,1-5H3. The molecule has 0 unspecified atom stereocenters. The number of carbonyl (C=O) groups is 1. The normalized spacial score (nSPS) is 11.9. The molecule has 0 amide bonds. The lowest BCUT2D eigenvalue weighted by molar-refractivity contribution is -0.274. The summed E-state index contributed by atoms with van der Waals surface area (Å²) >= 11 is 0. The van der Waals surface area contributed by atoms with Crippen molar-refractivity contribution in [3.05, 3.63) is 69.9 Å². The molecule has 1 aromatic heterocycles. The second-order valence-corrected chi connectivity index (χ2v) is 8.39. The zero-order valence-electron chi connectivity index (χ0n) is 20.0. The molecule has 3 aromatic rings. The summed E-state index contributed by atoms with van der Waals surface area (Å²) in [6.45, 7) is 9.11. The molecule has 0 atom stereocenters. The van der Waals surface area contributed by atoms with Crippen LogP contribution in [0.15, 0.2) is 47.5 Å². The molecular formula is C24H26F3N3O5. The number of carbonyl (C=O) groups excluding carboxylic acids is 1. The summed E-state index contributed by atoms with van der Waals surface area (Å²) in [5.74, 6) is -0.316. The van der Waals surface area contributed by atoms with Crippen LogP contribution >= 0.6 is 0 Å². The van der Waals surface area contributed by atoms with Crippen LogP contribution in [0, 0.1) is 13.8 Å². The van der Waals surface area contributed by atoms with E-state index in [1.165, 1.54) is 23.0 Å². The van der Waals surface area contributed by atoms with Gasteiger partial charge in [-0.25, -0.2) is 9.59 Å². The van der Waals surface area contributed by atoms with Crippen molar-refractivity contribution in [3.63, 3.8) is 0 Å². The van der Waals surface area contributed by atoms with Crippen LogP contribution in [0.1, 0.15) is 37.5 Å². The van der Waals surface area contributed by atoms with Crippen molar-refractivity contribution in [2.75, 3.05) is 6.61 Å². The number of esters is 1. The minimum atomic E-state index is -4.80. The van der Waals surface area contributed by atoms with Gasteiger partial charge in [-0.05, 0) is 75.6 Å². The first-order valence-corrected chi connectivity index (χ1v) is 10.8. The van der Waals surface area contributed by atoms with Gasteiger partial charge in [0.15, 0.2) is 5.60 Å². The number of hydrogen-bond donors (Lipinski definition) is 0. The van der Waals surface area contributed by atoms with Crippen LogP contribution in [0.2, 0.25) is 0 Å². The molecule has 2 aromatic carbocycles. The lowest BCUT2D eigenvalue weighted by Gasteiger charge is -2.26. The van der Waals surface area contributed by atoms with Gasteiger partial charge >= 0.3 is 18.0 Å². The predicted octanol–water partition coefficient (Wildman–Crippen LogP) is 4.32. The Balaban J connectivity index is 1.79. The van der Waals surface area contributed by atoms with E-state index in [-0.39, 0.29) is 13.2 Å². The SMILES string of the molecule is CCOC(=O)C(C)(C)Oc1c(C)cc(Cn2cnn(-c3ccc(OC(F)(F)F)cc3)c2=O)cc1C. The fraction of sp³-hybridized carbons (Fsp3) is 0.375. The summed E-state index contributed by atoms with van der Waals surface area (Å²) in [5, 5.41) is 4.06. The third kappa shape index (κ3) is 6.23. The fourth-order valence-electron chi connectivity index (χ4n) is 3.50. The molecule has 11 heteroatoms. The Kier molecular flexibility index (Phi) is 7.27. The second-order valence-electron chi connectivity index (χ2n) is 8.39. The summed E-state index contributed by atoms with van der Waals surface area (Å²) in [5.41, 5.74) is 1.01. The van der Waals surface area contributed by atoms with Gasteiger partial charge in [-0.2, -0.15) is 9.78 Å². The van der Waals surface area contributed by atoms with Gasteiger partial charge in [0, 0.05) is 0 Å². The molecule has 0 aliphatic carbocycles. The minimum absolute atomic E-state index is 0.206. The maximum absolute atomic E-state index is 12.8. The molecule has 0 fully saturated rings. The highest BCUT2D eigenvalue weighted by Crippen LogP contribution is 2.29. The van der Waals surface area contributed by atoms with E-state index in [4.69, 9.17) is 9.47 Å². The molecule has 1 heterocycles. The van der Waals surface area contributed by atoms with E-state index in [1.807, 2.05) is 26.0 Å². The smallest absolute Gasteiger partial charge is 0.476 e. The van der Waals surface area contributed by atoms with E-state index < -0.39 is 29.4 Å². The highest BCUT2D eigenvalue weighted by Gasteiger charge is 2.33. The van der Waals surface area contributed by atoms with Crippen molar-refractivity contribution in [1.29, 1.82) is 0 Å². The number of ether oxygens (including phenoxy) is 3. The number of aromatic nitrogens is 3. The predicted molar refractivity (Wildman–Crippen MR) is 121 cm³/mol. The van der Waals surface area contributed by atoms with Crippen LogP contribution in [0.5, 0.6) is 11.5 Å². The average Bonchev–Trinajstić information content (AvgIpc) is 3.10. The van der Waals surface area contributed by atoms with E-state index in [9.17, 15) is 22.8 Å². The maximum atomic E-state index is 12.8. The van der Waals surface area contributed by atoms with E-state index in [2.05, 4.69) is 9.84 Å². The van der Waals surface area contributed by atoms with Crippen molar-refractivity contribution in [3.8, 4) is 17.2 Å². The van der Waals surface area contributed by atoms with Crippen LogP contribution in [0.4, 0.5) is 13.2 Å². The van der Waals surface area contributed by atoms with Gasteiger partial charge in [0.05, 0.1) is 18.8 Å². The van der Waals surface area contributed by atoms with E-state index in [0.29, 0.717) is 11.4 Å². The van der Waals surface area contributed by atoms with Crippen LogP contribution in [-0.4, -0.2) is 38.9 Å². The minimum Gasteiger partial charge on any atom is -0.476 e. The zero-order valence-corrected chi connectivity index (χ0v) is 20.0. The Hall–Kier alpha value is -3.76. The summed E-state index contributed by atoms with van der Waals surface area (Å²) in [7, 11) is 0. The van der Waals surface area contributed by atoms with Crippen molar-refractivity contribution < 1.29 is 32.2 Å². The van der Waals surface area contributed by atoms with Gasteiger partial charge in [0.2, 0.25) is 0 Å². The fourth-order valence-corrected chi connectivity index (χ4v) is 3.50. The Bertz CT molecular complexity index is 1240. The first-order chi connectivity index (χ1) is 16.3. The topological polar surface area (TPSA) is 84.6 Å². The molecule has 0 bridgehead atoms. The second kappa shape index (κ2) is 9.85. The Morgan fingerprint density at radius 2 is 1.63 bits per heavy atom. The largest absolute Gasteiger partial charge is 0.573 e. The molecule has 188 valence electrons. The summed E-state index contributed by atoms with van der Waals surface area (Å²) in [4.78, 5) is 25.0. The number of aryl methyl sites for hydroxylation is 2. The monoisotopic (exact) mass is 493 g/mol. The first-order valence-electron chi connectivity index (χ1n) is 10.8. The quantitative estimate of drug-likeness (QED) is 0.435. The van der Waals surface area contributed by atoms with Crippen LogP contribution in [0.25, 0.3) is 5.69 Å². The molecule has 0 radical (unpaired) electrons. The van der Waals surface area contributed by atoms with Gasteiger partial charge < -0.3 is 14.2 Å². The lowest BCUT2D eigenvalue weighted by Crippen LogP contribution is -2.40. The highest BCUT2D eigenvalue weighted by molar-refractivity contribution is 5.79. The Labute approximate surface area is 199 Å². The van der Waals surface area contributed by atoms with Crippen LogP contribution < -0.4 is 15.2 Å². The summed E-state index contributed by atoms with van der Waals surface area (Å²) in [6, 6.07) is 8.53. The molecule has 0 N–H and O–H groups in total. The van der Waals surface area contributed by atoms with Gasteiger partial charge in [-0.1, -0.05) is 12.1 Å². The number of hydrogen-bond acceptors (Lipinski definition) is 6. The maximum Gasteiger partial charge on any atom is 0.573 e. The third-order valence-electron chi connectivity index (χ3n) is 5.05. The van der Waals surface area contributed by atoms with Crippen molar-refractivity contribution in [2.45, 2.75) is 53.1 Å². The van der Waals surface area contributed by atoms with Gasteiger partial charge in [-0.3, -0.25) is 4.57 Å². The number of rotatable bonds is 8. The lowest BCUT2D eigenvalue weighted by atomic mass is 10.0. The number of nitrogens with zero attached hydrogens (tertiary/aromatic N) is 3. The molecule has 0 saturated heterocycles.